The molecule has 1 aliphatic heterocycles. The molecule has 1 aliphatic rings. The van der Waals surface area contributed by atoms with Crippen molar-refractivity contribution < 1.29 is 19.4 Å². The fourth-order valence-electron chi connectivity index (χ4n) is 2.38. The van der Waals surface area contributed by atoms with Gasteiger partial charge in [0.25, 0.3) is 0 Å². The van der Waals surface area contributed by atoms with E-state index in [1.165, 1.54) is 0 Å². The minimum Gasteiger partial charge on any atom is -0.394 e. The van der Waals surface area contributed by atoms with Gasteiger partial charge in [-0.25, -0.2) is 0 Å². The van der Waals surface area contributed by atoms with Gasteiger partial charge in [-0.1, -0.05) is 6.42 Å². The quantitative estimate of drug-likeness (QED) is 0.330. The Morgan fingerprint density at radius 2 is 1.91 bits per heavy atom. The lowest BCUT2D eigenvalue weighted by Gasteiger charge is -2.16. The van der Waals surface area contributed by atoms with Crippen molar-refractivity contribution in [3.63, 3.8) is 0 Å². The van der Waals surface area contributed by atoms with Crippen LogP contribution >= 0.6 is 11.8 Å². The smallest absolute Gasteiger partial charge is 0.220 e. The zero-order valence-electron chi connectivity index (χ0n) is 13.7. The average molecular weight is 349 g/mol. The summed E-state index contributed by atoms with van der Waals surface area (Å²) in [6.45, 7) is 2.26. The number of ether oxygens (including phenoxy) is 2. The molecule has 3 unspecified atom stereocenters. The number of carbonyl (C=O) groups is 1. The Morgan fingerprint density at radius 3 is 2.57 bits per heavy atom. The molecular weight excluding hydrogens is 318 g/mol. The summed E-state index contributed by atoms with van der Waals surface area (Å²) in [6, 6.07) is 0.203. The first-order chi connectivity index (χ1) is 11.1. The molecule has 0 saturated carbocycles. The van der Waals surface area contributed by atoms with Gasteiger partial charge >= 0.3 is 0 Å². The van der Waals surface area contributed by atoms with Crippen molar-refractivity contribution in [2.24, 2.45) is 11.5 Å². The van der Waals surface area contributed by atoms with E-state index in [4.69, 9.17) is 26.0 Å². The van der Waals surface area contributed by atoms with Crippen LogP contribution in [0, 0.1) is 0 Å². The van der Waals surface area contributed by atoms with E-state index in [0.29, 0.717) is 44.6 Å². The molecule has 0 bridgehead atoms. The Bertz CT molecular complexity index is 323. The normalized spacial score (nSPS) is 24.0. The highest BCUT2D eigenvalue weighted by atomic mass is 32.2. The van der Waals surface area contributed by atoms with E-state index in [-0.39, 0.29) is 24.6 Å². The van der Waals surface area contributed by atoms with Crippen LogP contribution in [0.4, 0.5) is 0 Å². The molecule has 1 heterocycles. The van der Waals surface area contributed by atoms with E-state index < -0.39 is 0 Å². The first-order valence-electron chi connectivity index (χ1n) is 8.31. The number of thioether (sulfide) groups is 1. The van der Waals surface area contributed by atoms with Crippen LogP contribution in [0.5, 0.6) is 0 Å². The standard InChI is InChI=1S/C15H31N3O4S/c16-12-11-23-13(15(12)17)3-1-2-4-14(20)18-5-7-21-9-10-22-8-6-19/h12-13,15,19H,1-11,16-17H2,(H,18,20). The predicted molar refractivity (Wildman–Crippen MR) is 92.4 cm³/mol. The summed E-state index contributed by atoms with van der Waals surface area (Å²) in [6.07, 6.45) is 3.45. The summed E-state index contributed by atoms with van der Waals surface area (Å²) in [5, 5.41) is 11.8. The summed E-state index contributed by atoms with van der Waals surface area (Å²) < 4.78 is 10.3. The van der Waals surface area contributed by atoms with Gasteiger partial charge in [-0.05, 0) is 12.8 Å². The van der Waals surface area contributed by atoms with E-state index in [1.54, 1.807) is 0 Å². The topological polar surface area (TPSA) is 120 Å². The van der Waals surface area contributed by atoms with Crippen LogP contribution in [0.25, 0.3) is 0 Å². The average Bonchev–Trinajstić information content (AvgIpc) is 2.86. The van der Waals surface area contributed by atoms with E-state index >= 15 is 0 Å². The van der Waals surface area contributed by atoms with Gasteiger partial charge in [0, 0.05) is 36.1 Å². The fourth-order valence-corrected chi connectivity index (χ4v) is 3.83. The summed E-state index contributed by atoms with van der Waals surface area (Å²) in [4.78, 5) is 11.7. The molecule has 1 rings (SSSR count). The molecule has 0 spiro atoms. The number of unbranched alkanes of at least 4 members (excludes halogenated alkanes) is 1. The monoisotopic (exact) mass is 349 g/mol. The Kier molecular flexibility index (Phi) is 11.7. The number of nitrogens with two attached hydrogens (primary N) is 2. The summed E-state index contributed by atoms with van der Waals surface area (Å²) in [5.74, 6) is 1.00. The van der Waals surface area contributed by atoms with Gasteiger partial charge in [0.15, 0.2) is 0 Å². The summed E-state index contributed by atoms with van der Waals surface area (Å²) in [5.41, 5.74) is 11.9. The van der Waals surface area contributed by atoms with Crippen molar-refractivity contribution in [2.45, 2.75) is 43.0 Å². The zero-order chi connectivity index (χ0) is 16.9. The molecule has 0 aromatic rings. The zero-order valence-corrected chi connectivity index (χ0v) is 14.6. The van der Waals surface area contributed by atoms with Gasteiger partial charge in [-0.15, -0.1) is 0 Å². The molecular formula is C15H31N3O4S. The van der Waals surface area contributed by atoms with E-state index in [0.717, 1.165) is 25.0 Å². The second-order valence-corrected chi connectivity index (χ2v) is 6.93. The van der Waals surface area contributed by atoms with Crippen LogP contribution in [0.2, 0.25) is 0 Å². The molecule has 136 valence electrons. The molecule has 8 heteroatoms. The molecule has 0 aliphatic carbocycles. The van der Waals surface area contributed by atoms with Gasteiger partial charge in [0.2, 0.25) is 5.91 Å². The van der Waals surface area contributed by atoms with Crippen molar-refractivity contribution in [2.75, 3.05) is 45.3 Å². The summed E-state index contributed by atoms with van der Waals surface area (Å²) in [7, 11) is 0. The summed E-state index contributed by atoms with van der Waals surface area (Å²) >= 11 is 1.85. The molecule has 7 nitrogen and oxygen atoms in total. The van der Waals surface area contributed by atoms with Gasteiger partial charge < -0.3 is 31.4 Å². The lowest BCUT2D eigenvalue weighted by Crippen LogP contribution is -2.43. The first kappa shape index (κ1) is 20.7. The maximum absolute atomic E-state index is 11.7. The lowest BCUT2D eigenvalue weighted by atomic mass is 10.0. The molecule has 23 heavy (non-hydrogen) atoms. The Balaban J connectivity index is 1.87. The van der Waals surface area contributed by atoms with Crippen molar-refractivity contribution in [3.05, 3.63) is 0 Å². The fraction of sp³-hybridized carbons (Fsp3) is 0.933. The van der Waals surface area contributed by atoms with E-state index in [9.17, 15) is 4.79 Å². The largest absolute Gasteiger partial charge is 0.394 e. The number of aliphatic hydroxyl groups is 1. The molecule has 3 atom stereocenters. The van der Waals surface area contributed by atoms with Gasteiger partial charge in [-0.3, -0.25) is 4.79 Å². The number of carbonyl (C=O) groups excluding carboxylic acids is 1. The number of aliphatic hydroxyl groups excluding tert-OH is 1. The van der Waals surface area contributed by atoms with Crippen LogP contribution in [0.1, 0.15) is 25.7 Å². The molecule has 6 N–H and O–H groups in total. The molecule has 0 aromatic heterocycles. The highest BCUT2D eigenvalue weighted by Gasteiger charge is 2.30. The van der Waals surface area contributed by atoms with Crippen molar-refractivity contribution in [1.82, 2.24) is 5.32 Å². The van der Waals surface area contributed by atoms with Crippen LogP contribution in [0.3, 0.4) is 0 Å². The first-order valence-corrected chi connectivity index (χ1v) is 9.36. The van der Waals surface area contributed by atoms with Gasteiger partial charge in [0.05, 0.1) is 33.0 Å². The SMILES string of the molecule is NC1CSC(CCCCC(=O)NCCOCCOCCO)C1N. The number of hydrogen-bond acceptors (Lipinski definition) is 7. The second kappa shape index (κ2) is 13.0. The number of amides is 1. The van der Waals surface area contributed by atoms with Crippen molar-refractivity contribution in [3.8, 4) is 0 Å². The minimum absolute atomic E-state index is 0.0221. The Morgan fingerprint density at radius 1 is 1.17 bits per heavy atom. The molecule has 1 amide bonds. The van der Waals surface area contributed by atoms with Gasteiger partial charge in [-0.2, -0.15) is 11.8 Å². The highest BCUT2D eigenvalue weighted by molar-refractivity contribution is 8.00. The molecule has 1 saturated heterocycles. The van der Waals surface area contributed by atoms with Crippen molar-refractivity contribution in [1.29, 1.82) is 0 Å². The molecule has 0 aromatic carbocycles. The lowest BCUT2D eigenvalue weighted by molar-refractivity contribution is -0.121. The third-order valence-electron chi connectivity index (χ3n) is 3.75. The maximum Gasteiger partial charge on any atom is 0.220 e. The van der Waals surface area contributed by atoms with Crippen LogP contribution in [-0.4, -0.2) is 73.7 Å². The van der Waals surface area contributed by atoms with Crippen molar-refractivity contribution >= 4 is 17.7 Å². The minimum atomic E-state index is 0.0221. The number of hydrogen-bond donors (Lipinski definition) is 4. The number of nitrogens with one attached hydrogen (secondary N) is 1. The second-order valence-electron chi connectivity index (χ2n) is 5.66. The van der Waals surface area contributed by atoms with Gasteiger partial charge in [0.1, 0.15) is 0 Å². The van der Waals surface area contributed by atoms with E-state index in [2.05, 4.69) is 5.32 Å². The van der Waals surface area contributed by atoms with Crippen LogP contribution in [-0.2, 0) is 14.3 Å². The third kappa shape index (κ3) is 9.49. The molecule has 0 radical (unpaired) electrons. The highest BCUT2D eigenvalue weighted by Crippen LogP contribution is 2.28. The Hall–Kier alpha value is -0.380. The Labute approximate surface area is 142 Å². The van der Waals surface area contributed by atoms with Crippen LogP contribution in [0.15, 0.2) is 0 Å². The number of rotatable bonds is 13. The van der Waals surface area contributed by atoms with Crippen LogP contribution < -0.4 is 16.8 Å². The third-order valence-corrected chi connectivity index (χ3v) is 5.30. The maximum atomic E-state index is 11.7. The molecule has 1 fully saturated rings. The van der Waals surface area contributed by atoms with E-state index in [1.807, 2.05) is 11.8 Å². The predicted octanol–water partition coefficient (Wildman–Crippen LogP) is -0.541.